The third-order valence-electron chi connectivity index (χ3n) is 4.03. The standard InChI is InChI=1S/C16H24N2O2/c1-12-6-7-15(17-2)14(11-12)16(20)18-9-4-3-5-13(18)8-10-19/h6-7,11,13,17,19H,3-5,8-10H2,1-2H3. The van der Waals surface area contributed by atoms with Crippen molar-refractivity contribution in [3.63, 3.8) is 0 Å². The van der Waals surface area contributed by atoms with E-state index in [4.69, 9.17) is 0 Å². The highest BCUT2D eigenvalue weighted by Crippen LogP contribution is 2.25. The number of nitrogens with one attached hydrogen (secondary N) is 1. The van der Waals surface area contributed by atoms with Gasteiger partial charge >= 0.3 is 0 Å². The zero-order valence-corrected chi connectivity index (χ0v) is 12.4. The van der Waals surface area contributed by atoms with Gasteiger partial charge in [-0.3, -0.25) is 4.79 Å². The molecule has 4 heteroatoms. The number of nitrogens with zero attached hydrogens (tertiary/aromatic N) is 1. The first kappa shape index (κ1) is 14.9. The fraction of sp³-hybridized carbons (Fsp3) is 0.562. The summed E-state index contributed by atoms with van der Waals surface area (Å²) in [6, 6.07) is 6.07. The molecule has 0 radical (unpaired) electrons. The van der Waals surface area contributed by atoms with Crippen molar-refractivity contribution >= 4 is 11.6 Å². The van der Waals surface area contributed by atoms with Gasteiger partial charge in [0.1, 0.15) is 0 Å². The van der Waals surface area contributed by atoms with E-state index < -0.39 is 0 Å². The van der Waals surface area contributed by atoms with Crippen molar-refractivity contribution in [2.45, 2.75) is 38.6 Å². The lowest BCUT2D eigenvalue weighted by Gasteiger charge is -2.36. The van der Waals surface area contributed by atoms with E-state index in [9.17, 15) is 9.90 Å². The summed E-state index contributed by atoms with van der Waals surface area (Å²) < 4.78 is 0. The van der Waals surface area contributed by atoms with Crippen LogP contribution in [0, 0.1) is 6.92 Å². The van der Waals surface area contributed by atoms with Crippen LogP contribution >= 0.6 is 0 Å². The number of hydrogen-bond donors (Lipinski definition) is 2. The second-order valence-corrected chi connectivity index (χ2v) is 5.46. The minimum absolute atomic E-state index is 0.0798. The highest BCUT2D eigenvalue weighted by Gasteiger charge is 2.28. The van der Waals surface area contributed by atoms with Gasteiger partial charge in [-0.05, 0) is 44.7 Å². The molecule has 1 atom stereocenters. The van der Waals surface area contributed by atoms with Crippen molar-refractivity contribution in [3.8, 4) is 0 Å². The minimum Gasteiger partial charge on any atom is -0.396 e. The largest absolute Gasteiger partial charge is 0.396 e. The van der Waals surface area contributed by atoms with Crippen LogP contribution in [-0.2, 0) is 0 Å². The third-order valence-corrected chi connectivity index (χ3v) is 4.03. The summed E-state index contributed by atoms with van der Waals surface area (Å²) in [6.07, 6.45) is 3.86. The Hall–Kier alpha value is -1.55. The number of likely N-dealkylation sites (tertiary alicyclic amines) is 1. The Labute approximate surface area is 120 Å². The van der Waals surface area contributed by atoms with E-state index in [0.29, 0.717) is 6.42 Å². The molecular formula is C16H24N2O2. The summed E-state index contributed by atoms with van der Waals surface area (Å²) in [5.41, 5.74) is 2.69. The van der Waals surface area contributed by atoms with Gasteiger partial charge in [-0.2, -0.15) is 0 Å². The van der Waals surface area contributed by atoms with Crippen LogP contribution in [0.2, 0.25) is 0 Å². The first-order valence-electron chi connectivity index (χ1n) is 7.37. The number of benzene rings is 1. The average molecular weight is 276 g/mol. The van der Waals surface area contributed by atoms with E-state index in [0.717, 1.165) is 42.6 Å². The van der Waals surface area contributed by atoms with Crippen molar-refractivity contribution in [1.29, 1.82) is 0 Å². The Bertz CT molecular complexity index is 472. The Morgan fingerprint density at radius 1 is 1.45 bits per heavy atom. The zero-order valence-electron chi connectivity index (χ0n) is 12.4. The molecule has 1 aliphatic heterocycles. The molecule has 1 aliphatic rings. The molecule has 1 heterocycles. The number of carbonyl (C=O) groups is 1. The average Bonchev–Trinajstić information content (AvgIpc) is 2.47. The molecule has 1 aromatic rings. The van der Waals surface area contributed by atoms with Crippen LogP contribution in [0.25, 0.3) is 0 Å². The van der Waals surface area contributed by atoms with Crippen LogP contribution in [0.15, 0.2) is 18.2 Å². The number of aliphatic hydroxyl groups excluding tert-OH is 1. The van der Waals surface area contributed by atoms with E-state index in [1.54, 1.807) is 0 Å². The number of anilines is 1. The van der Waals surface area contributed by atoms with E-state index >= 15 is 0 Å². The van der Waals surface area contributed by atoms with Crippen molar-refractivity contribution in [2.24, 2.45) is 0 Å². The number of rotatable bonds is 4. The molecule has 1 fully saturated rings. The highest BCUT2D eigenvalue weighted by molar-refractivity contribution is 6.00. The maximum Gasteiger partial charge on any atom is 0.256 e. The van der Waals surface area contributed by atoms with Gasteiger partial charge in [0.25, 0.3) is 5.91 Å². The second-order valence-electron chi connectivity index (χ2n) is 5.46. The predicted molar refractivity (Wildman–Crippen MR) is 81.1 cm³/mol. The molecule has 1 amide bonds. The molecular weight excluding hydrogens is 252 g/mol. The van der Waals surface area contributed by atoms with Gasteiger partial charge in [0.2, 0.25) is 0 Å². The molecule has 110 valence electrons. The molecule has 2 rings (SSSR count). The number of aliphatic hydroxyl groups is 1. The molecule has 0 spiro atoms. The Kier molecular flexibility index (Phi) is 5.01. The van der Waals surface area contributed by atoms with Gasteiger partial charge in [-0.15, -0.1) is 0 Å². The van der Waals surface area contributed by atoms with Crippen molar-refractivity contribution < 1.29 is 9.90 Å². The smallest absolute Gasteiger partial charge is 0.256 e. The lowest BCUT2D eigenvalue weighted by atomic mass is 9.97. The SMILES string of the molecule is CNc1ccc(C)cc1C(=O)N1CCCCC1CCO. The van der Waals surface area contributed by atoms with Gasteiger partial charge in [0.05, 0.1) is 5.56 Å². The fourth-order valence-electron chi connectivity index (χ4n) is 2.92. The number of hydrogen-bond acceptors (Lipinski definition) is 3. The minimum atomic E-state index is 0.0798. The molecule has 1 unspecified atom stereocenters. The molecule has 20 heavy (non-hydrogen) atoms. The van der Waals surface area contributed by atoms with Crippen LogP contribution in [0.1, 0.15) is 41.6 Å². The summed E-state index contributed by atoms with van der Waals surface area (Å²) in [5, 5.41) is 12.3. The first-order chi connectivity index (χ1) is 9.67. The lowest BCUT2D eigenvalue weighted by Crippen LogP contribution is -2.44. The number of aryl methyl sites for hydroxylation is 1. The zero-order chi connectivity index (χ0) is 14.5. The molecule has 0 saturated carbocycles. The maximum absolute atomic E-state index is 12.8. The van der Waals surface area contributed by atoms with Crippen LogP contribution < -0.4 is 5.32 Å². The van der Waals surface area contributed by atoms with Gasteiger partial charge in [0, 0.05) is 31.9 Å². The van der Waals surface area contributed by atoms with Crippen LogP contribution in [0.5, 0.6) is 0 Å². The number of amides is 1. The molecule has 0 aromatic heterocycles. The summed E-state index contributed by atoms with van der Waals surface area (Å²) in [5.74, 6) is 0.0798. The summed E-state index contributed by atoms with van der Waals surface area (Å²) >= 11 is 0. The first-order valence-corrected chi connectivity index (χ1v) is 7.37. The fourth-order valence-corrected chi connectivity index (χ4v) is 2.92. The highest BCUT2D eigenvalue weighted by atomic mass is 16.3. The Morgan fingerprint density at radius 3 is 2.95 bits per heavy atom. The summed E-state index contributed by atoms with van der Waals surface area (Å²) in [4.78, 5) is 14.8. The lowest BCUT2D eigenvalue weighted by molar-refractivity contribution is 0.0575. The number of carbonyl (C=O) groups excluding carboxylic acids is 1. The van der Waals surface area contributed by atoms with Crippen LogP contribution in [0.4, 0.5) is 5.69 Å². The van der Waals surface area contributed by atoms with Crippen molar-refractivity contribution in [2.75, 3.05) is 25.5 Å². The topological polar surface area (TPSA) is 52.6 Å². The molecule has 1 saturated heterocycles. The normalized spacial score (nSPS) is 18.9. The van der Waals surface area contributed by atoms with Gasteiger partial charge in [0.15, 0.2) is 0 Å². The van der Waals surface area contributed by atoms with E-state index in [2.05, 4.69) is 5.32 Å². The summed E-state index contributed by atoms with van der Waals surface area (Å²) in [7, 11) is 1.84. The Morgan fingerprint density at radius 2 is 2.25 bits per heavy atom. The van der Waals surface area contributed by atoms with E-state index in [-0.39, 0.29) is 18.6 Å². The molecule has 0 aliphatic carbocycles. The third kappa shape index (κ3) is 3.12. The van der Waals surface area contributed by atoms with Crippen molar-refractivity contribution in [3.05, 3.63) is 29.3 Å². The van der Waals surface area contributed by atoms with Crippen LogP contribution in [0.3, 0.4) is 0 Å². The molecule has 0 bridgehead atoms. The van der Waals surface area contributed by atoms with Crippen molar-refractivity contribution in [1.82, 2.24) is 4.90 Å². The van der Waals surface area contributed by atoms with E-state index in [1.807, 2.05) is 37.1 Å². The van der Waals surface area contributed by atoms with Crippen LogP contribution in [-0.4, -0.2) is 42.2 Å². The van der Waals surface area contributed by atoms with E-state index in [1.165, 1.54) is 0 Å². The Balaban J connectivity index is 2.26. The van der Waals surface area contributed by atoms with Gasteiger partial charge in [-0.25, -0.2) is 0 Å². The molecule has 2 N–H and O–H groups in total. The monoisotopic (exact) mass is 276 g/mol. The molecule has 4 nitrogen and oxygen atoms in total. The van der Waals surface area contributed by atoms with Gasteiger partial charge in [-0.1, -0.05) is 11.6 Å². The maximum atomic E-state index is 12.8. The van der Waals surface area contributed by atoms with Gasteiger partial charge < -0.3 is 15.3 Å². The summed E-state index contributed by atoms with van der Waals surface area (Å²) in [6.45, 7) is 2.93. The molecule has 1 aromatic carbocycles. The second kappa shape index (κ2) is 6.75. The number of piperidine rings is 1. The predicted octanol–water partition coefficient (Wildman–Crippen LogP) is 2.41. The quantitative estimate of drug-likeness (QED) is 0.888.